The van der Waals surface area contributed by atoms with E-state index in [0.717, 1.165) is 25.7 Å². The molecule has 0 bridgehead atoms. The van der Waals surface area contributed by atoms with Gasteiger partial charge in [-0.15, -0.1) is 0 Å². The molecule has 2 aliphatic rings. The summed E-state index contributed by atoms with van der Waals surface area (Å²) in [6.07, 6.45) is 3.27. The van der Waals surface area contributed by atoms with Crippen LogP contribution in [0.1, 0.15) is 25.7 Å². The highest BCUT2D eigenvalue weighted by Gasteiger charge is 2.41. The van der Waals surface area contributed by atoms with Crippen molar-refractivity contribution in [3.05, 3.63) is 0 Å². The molecule has 1 aliphatic carbocycles. The molecule has 0 aromatic rings. The lowest BCUT2D eigenvalue weighted by Crippen LogP contribution is -2.44. The van der Waals surface area contributed by atoms with E-state index in [1.54, 1.807) is 11.9 Å². The quantitative estimate of drug-likeness (QED) is 0.681. The number of hydrogen-bond acceptors (Lipinski definition) is 4. The minimum Gasteiger partial charge on any atom is -0.453 e. The zero-order chi connectivity index (χ0) is 11.6. The van der Waals surface area contributed by atoms with Crippen molar-refractivity contribution in [2.24, 2.45) is 0 Å². The van der Waals surface area contributed by atoms with Crippen LogP contribution in [0.15, 0.2) is 0 Å². The fourth-order valence-corrected chi connectivity index (χ4v) is 2.51. The van der Waals surface area contributed by atoms with E-state index in [9.17, 15) is 4.79 Å². The maximum Gasteiger partial charge on any atom is 0.409 e. The molecule has 0 N–H and O–H groups in total. The monoisotopic (exact) mass is 229 g/mol. The summed E-state index contributed by atoms with van der Waals surface area (Å²) in [4.78, 5) is 13.0. The maximum absolute atomic E-state index is 11.4. The van der Waals surface area contributed by atoms with Crippen LogP contribution in [0.2, 0.25) is 0 Å². The predicted octanol–water partition coefficient (Wildman–Crippen LogP) is 1.37. The van der Waals surface area contributed by atoms with Crippen molar-refractivity contribution in [3.8, 4) is 0 Å². The van der Waals surface area contributed by atoms with Crippen LogP contribution >= 0.6 is 0 Å². The van der Waals surface area contributed by atoms with E-state index in [-0.39, 0.29) is 17.9 Å². The Bertz CT molecular complexity index is 253. The van der Waals surface area contributed by atoms with Gasteiger partial charge in [0.15, 0.2) is 5.79 Å². The highest BCUT2D eigenvalue weighted by molar-refractivity contribution is 5.67. The number of hydrogen-bond donors (Lipinski definition) is 0. The molecule has 92 valence electrons. The predicted molar refractivity (Wildman–Crippen MR) is 57.1 cm³/mol. The van der Waals surface area contributed by atoms with E-state index in [1.807, 2.05) is 0 Å². The standard InChI is InChI=1S/C11H19NO4/c1-12(10(13)14-2)9-3-5-11(6-4-9)15-7-8-16-11/h9H,3-8H2,1-2H3. The summed E-state index contributed by atoms with van der Waals surface area (Å²) in [5, 5.41) is 0. The fourth-order valence-electron chi connectivity index (χ4n) is 2.51. The molecule has 1 spiro atoms. The highest BCUT2D eigenvalue weighted by Crippen LogP contribution is 2.37. The molecule has 16 heavy (non-hydrogen) atoms. The Morgan fingerprint density at radius 1 is 1.31 bits per heavy atom. The number of ether oxygens (including phenoxy) is 3. The molecule has 0 aromatic heterocycles. The first kappa shape index (κ1) is 11.7. The Morgan fingerprint density at radius 3 is 2.38 bits per heavy atom. The Labute approximate surface area is 95.6 Å². The molecular weight excluding hydrogens is 210 g/mol. The lowest BCUT2D eigenvalue weighted by atomic mass is 9.89. The van der Waals surface area contributed by atoms with E-state index >= 15 is 0 Å². The number of methoxy groups -OCH3 is 1. The topological polar surface area (TPSA) is 48.0 Å². The summed E-state index contributed by atoms with van der Waals surface area (Å²) < 4.78 is 16.0. The van der Waals surface area contributed by atoms with Gasteiger partial charge in [0.25, 0.3) is 0 Å². The van der Waals surface area contributed by atoms with Gasteiger partial charge in [0.2, 0.25) is 0 Å². The van der Waals surface area contributed by atoms with E-state index in [4.69, 9.17) is 14.2 Å². The average Bonchev–Trinajstić information content (AvgIpc) is 2.77. The fraction of sp³-hybridized carbons (Fsp3) is 0.909. The summed E-state index contributed by atoms with van der Waals surface area (Å²) in [7, 11) is 3.19. The second-order valence-corrected chi connectivity index (χ2v) is 4.42. The molecule has 5 nitrogen and oxygen atoms in total. The molecule has 2 rings (SSSR count). The molecule has 1 saturated carbocycles. The van der Waals surface area contributed by atoms with E-state index < -0.39 is 0 Å². The van der Waals surface area contributed by atoms with Crippen LogP contribution in [-0.4, -0.2) is 50.2 Å². The molecule has 2 fully saturated rings. The molecule has 0 radical (unpaired) electrons. The first-order valence-corrected chi connectivity index (χ1v) is 5.75. The SMILES string of the molecule is COC(=O)N(C)C1CCC2(CC1)OCCO2. The van der Waals surface area contributed by atoms with Gasteiger partial charge < -0.3 is 19.1 Å². The number of nitrogens with zero attached hydrogens (tertiary/aromatic N) is 1. The minimum absolute atomic E-state index is 0.242. The van der Waals surface area contributed by atoms with Gasteiger partial charge in [-0.05, 0) is 12.8 Å². The van der Waals surface area contributed by atoms with Gasteiger partial charge in [-0.1, -0.05) is 0 Å². The van der Waals surface area contributed by atoms with Gasteiger partial charge in [-0.3, -0.25) is 0 Å². The molecule has 1 amide bonds. The van der Waals surface area contributed by atoms with Crippen LogP contribution < -0.4 is 0 Å². The second-order valence-electron chi connectivity index (χ2n) is 4.42. The lowest BCUT2D eigenvalue weighted by Gasteiger charge is -2.38. The summed E-state index contributed by atoms with van der Waals surface area (Å²) >= 11 is 0. The first-order valence-electron chi connectivity index (χ1n) is 5.75. The second kappa shape index (κ2) is 4.59. The molecule has 5 heteroatoms. The van der Waals surface area contributed by atoms with E-state index in [2.05, 4.69) is 0 Å². The van der Waals surface area contributed by atoms with Gasteiger partial charge in [-0.2, -0.15) is 0 Å². The van der Waals surface area contributed by atoms with Crippen molar-refractivity contribution < 1.29 is 19.0 Å². The summed E-state index contributed by atoms with van der Waals surface area (Å²) in [6.45, 7) is 1.38. The Morgan fingerprint density at radius 2 is 1.88 bits per heavy atom. The zero-order valence-electron chi connectivity index (χ0n) is 9.90. The maximum atomic E-state index is 11.4. The first-order chi connectivity index (χ1) is 7.67. The normalized spacial score (nSPS) is 24.6. The van der Waals surface area contributed by atoms with Crippen molar-refractivity contribution in [1.82, 2.24) is 4.90 Å². The van der Waals surface area contributed by atoms with Crippen LogP contribution in [0.4, 0.5) is 4.79 Å². The van der Waals surface area contributed by atoms with Gasteiger partial charge in [-0.25, -0.2) is 4.79 Å². The molecule has 0 unspecified atom stereocenters. The number of rotatable bonds is 1. The molecule has 0 atom stereocenters. The van der Waals surface area contributed by atoms with Gasteiger partial charge in [0.05, 0.1) is 20.3 Å². The highest BCUT2D eigenvalue weighted by atomic mass is 16.7. The van der Waals surface area contributed by atoms with Crippen molar-refractivity contribution in [2.45, 2.75) is 37.5 Å². The summed E-state index contributed by atoms with van der Waals surface area (Å²) in [5.41, 5.74) is 0. The molecule has 1 heterocycles. The Hall–Kier alpha value is -0.810. The average molecular weight is 229 g/mol. The van der Waals surface area contributed by atoms with Crippen LogP contribution in [0.5, 0.6) is 0 Å². The van der Waals surface area contributed by atoms with Crippen LogP contribution in [0.3, 0.4) is 0 Å². The van der Waals surface area contributed by atoms with E-state index in [1.165, 1.54) is 7.11 Å². The number of carbonyl (C=O) groups is 1. The molecular formula is C11H19NO4. The smallest absolute Gasteiger partial charge is 0.409 e. The summed E-state index contributed by atoms with van der Waals surface area (Å²) in [6, 6.07) is 0.242. The van der Waals surface area contributed by atoms with Crippen molar-refractivity contribution >= 4 is 6.09 Å². The zero-order valence-corrected chi connectivity index (χ0v) is 9.90. The van der Waals surface area contributed by atoms with Crippen LogP contribution in [0, 0.1) is 0 Å². The van der Waals surface area contributed by atoms with Gasteiger partial charge in [0, 0.05) is 25.9 Å². The third-order valence-corrected chi connectivity index (χ3v) is 3.54. The van der Waals surface area contributed by atoms with E-state index in [0.29, 0.717) is 13.2 Å². The number of amides is 1. The largest absolute Gasteiger partial charge is 0.453 e. The lowest BCUT2D eigenvalue weighted by molar-refractivity contribution is -0.182. The van der Waals surface area contributed by atoms with Crippen LogP contribution in [0.25, 0.3) is 0 Å². The van der Waals surface area contributed by atoms with Crippen LogP contribution in [-0.2, 0) is 14.2 Å². The molecule has 0 aromatic carbocycles. The molecule has 1 saturated heterocycles. The Balaban J connectivity index is 1.87. The Kier molecular flexibility index (Phi) is 3.35. The minimum atomic E-state index is -0.354. The van der Waals surface area contributed by atoms with Crippen molar-refractivity contribution in [2.75, 3.05) is 27.4 Å². The van der Waals surface area contributed by atoms with Gasteiger partial charge >= 0.3 is 6.09 Å². The molecule has 1 aliphatic heterocycles. The van der Waals surface area contributed by atoms with Crippen molar-refractivity contribution in [3.63, 3.8) is 0 Å². The summed E-state index contributed by atoms with van der Waals surface area (Å²) in [5.74, 6) is -0.354. The number of carbonyl (C=O) groups excluding carboxylic acids is 1. The van der Waals surface area contributed by atoms with Gasteiger partial charge in [0.1, 0.15) is 0 Å². The van der Waals surface area contributed by atoms with Crippen molar-refractivity contribution in [1.29, 1.82) is 0 Å². The third kappa shape index (κ3) is 2.15. The third-order valence-electron chi connectivity index (χ3n) is 3.54.